The fourth-order valence-electron chi connectivity index (χ4n) is 2.62. The molecule has 3 rings (SSSR count). The molecule has 1 aromatic heterocycles. The van der Waals surface area contributed by atoms with Gasteiger partial charge in [-0.15, -0.1) is 0 Å². The van der Waals surface area contributed by atoms with Crippen LogP contribution in [0.1, 0.15) is 11.3 Å². The van der Waals surface area contributed by atoms with E-state index in [2.05, 4.69) is 5.10 Å². The maximum Gasteiger partial charge on any atom is 0.423 e. The molecule has 5 nitrogen and oxygen atoms in total. The highest BCUT2D eigenvalue weighted by molar-refractivity contribution is 5.81. The summed E-state index contributed by atoms with van der Waals surface area (Å²) in [6.07, 6.45) is -6.01. The highest BCUT2D eigenvalue weighted by Gasteiger charge is 2.46. The van der Waals surface area contributed by atoms with Crippen LogP contribution in [0.25, 0.3) is 5.69 Å². The molecule has 8 heteroatoms. The molecule has 1 aromatic carbocycles. The first-order valence-corrected chi connectivity index (χ1v) is 7.02. The van der Waals surface area contributed by atoms with Gasteiger partial charge in [-0.25, -0.2) is 4.68 Å². The number of alkyl halides is 3. The zero-order valence-electron chi connectivity index (χ0n) is 12.0. The van der Waals surface area contributed by atoms with Gasteiger partial charge in [-0.2, -0.15) is 18.3 Å². The molecule has 1 aliphatic rings. The summed E-state index contributed by atoms with van der Waals surface area (Å²) in [5, 5.41) is 13.4. The Bertz CT molecular complexity index is 713. The predicted molar refractivity (Wildman–Crippen MR) is 74.7 cm³/mol. The van der Waals surface area contributed by atoms with Crippen LogP contribution < -0.4 is 0 Å². The number of halogens is 3. The first-order valence-electron chi connectivity index (χ1n) is 7.02. The summed E-state index contributed by atoms with van der Waals surface area (Å²) in [6.45, 7) is 0.117. The number of carbonyl (C=O) groups is 1. The lowest BCUT2D eigenvalue weighted by Gasteiger charge is -2.29. The molecular formula is C15H14F3N3O2. The van der Waals surface area contributed by atoms with Gasteiger partial charge in [0.2, 0.25) is 6.10 Å². The summed E-state index contributed by atoms with van der Waals surface area (Å²) in [4.78, 5) is 12.8. The third kappa shape index (κ3) is 2.94. The fourth-order valence-corrected chi connectivity index (χ4v) is 2.62. The first kappa shape index (κ1) is 15.5. The van der Waals surface area contributed by atoms with Crippen molar-refractivity contribution in [1.82, 2.24) is 14.7 Å². The summed E-state index contributed by atoms with van der Waals surface area (Å²) >= 11 is 0. The number of carbonyl (C=O) groups excluding carboxylic acids is 1. The van der Waals surface area contributed by atoms with Crippen molar-refractivity contribution in [1.29, 1.82) is 0 Å². The number of rotatable bonds is 2. The molecule has 2 heterocycles. The number of fused-ring (bicyclic) bond motifs is 1. The molecule has 0 radical (unpaired) electrons. The van der Waals surface area contributed by atoms with Crippen molar-refractivity contribution < 1.29 is 23.1 Å². The molecule has 1 atom stereocenters. The average molecular weight is 325 g/mol. The maximum absolute atomic E-state index is 12.5. The van der Waals surface area contributed by atoms with Gasteiger partial charge in [0.05, 0.1) is 17.6 Å². The van der Waals surface area contributed by atoms with Crippen molar-refractivity contribution in [2.24, 2.45) is 0 Å². The van der Waals surface area contributed by atoms with E-state index in [1.807, 2.05) is 30.3 Å². The Kier molecular flexibility index (Phi) is 3.85. The van der Waals surface area contributed by atoms with Gasteiger partial charge in [-0.3, -0.25) is 4.79 Å². The summed E-state index contributed by atoms with van der Waals surface area (Å²) < 4.78 is 39.1. The molecule has 0 saturated carbocycles. The van der Waals surface area contributed by atoms with Gasteiger partial charge in [0, 0.05) is 25.1 Å². The van der Waals surface area contributed by atoms with Crippen LogP contribution in [-0.4, -0.2) is 44.5 Å². The highest BCUT2D eigenvalue weighted by Crippen LogP contribution is 2.26. The van der Waals surface area contributed by atoms with E-state index in [1.54, 1.807) is 10.9 Å². The minimum Gasteiger partial charge on any atom is -0.376 e. The lowest BCUT2D eigenvalue weighted by Crippen LogP contribution is -2.48. The van der Waals surface area contributed by atoms with Gasteiger partial charge < -0.3 is 10.0 Å². The van der Waals surface area contributed by atoms with Crippen LogP contribution in [0.3, 0.4) is 0 Å². The van der Waals surface area contributed by atoms with E-state index >= 15 is 0 Å². The number of nitrogens with zero attached hydrogens (tertiary/aromatic N) is 3. The largest absolute Gasteiger partial charge is 0.423 e. The minimum atomic E-state index is -4.95. The number of para-hydroxylation sites is 1. The van der Waals surface area contributed by atoms with Gasteiger partial charge in [0.25, 0.3) is 5.91 Å². The van der Waals surface area contributed by atoms with Crippen molar-refractivity contribution in [3.63, 3.8) is 0 Å². The number of amides is 1. The number of hydrogen-bond donors (Lipinski definition) is 1. The molecule has 0 fully saturated rings. The van der Waals surface area contributed by atoms with Gasteiger partial charge in [0.15, 0.2) is 0 Å². The molecule has 1 N–H and O–H groups in total. The molecule has 0 saturated heterocycles. The van der Waals surface area contributed by atoms with Crippen molar-refractivity contribution in [3.05, 3.63) is 47.8 Å². The van der Waals surface area contributed by atoms with E-state index in [4.69, 9.17) is 5.11 Å². The zero-order chi connectivity index (χ0) is 16.6. The first-order chi connectivity index (χ1) is 10.9. The zero-order valence-corrected chi connectivity index (χ0v) is 12.0. The monoisotopic (exact) mass is 325 g/mol. The molecule has 0 bridgehead atoms. The maximum atomic E-state index is 12.5. The SMILES string of the molecule is O=C(C(O)C(F)(F)F)N1CCc2c(cnn2-c2ccccc2)C1. The second-order valence-corrected chi connectivity index (χ2v) is 5.32. The van der Waals surface area contributed by atoms with E-state index in [-0.39, 0.29) is 13.1 Å². The fraction of sp³-hybridized carbons (Fsp3) is 0.333. The molecule has 1 aliphatic heterocycles. The van der Waals surface area contributed by atoms with E-state index < -0.39 is 18.2 Å². The third-order valence-corrected chi connectivity index (χ3v) is 3.79. The van der Waals surface area contributed by atoms with E-state index in [9.17, 15) is 18.0 Å². The Morgan fingerprint density at radius 3 is 2.61 bits per heavy atom. The molecule has 0 spiro atoms. The van der Waals surface area contributed by atoms with Crippen LogP contribution in [-0.2, 0) is 17.8 Å². The number of aliphatic hydroxyl groups excluding tert-OH is 1. The van der Waals surface area contributed by atoms with Crippen LogP contribution in [0.2, 0.25) is 0 Å². The highest BCUT2D eigenvalue weighted by atomic mass is 19.4. The van der Waals surface area contributed by atoms with Gasteiger partial charge in [-0.05, 0) is 12.1 Å². The molecular weight excluding hydrogens is 311 g/mol. The van der Waals surface area contributed by atoms with Crippen molar-refractivity contribution in [2.75, 3.05) is 6.54 Å². The Hall–Kier alpha value is -2.35. The number of benzene rings is 1. The second kappa shape index (κ2) is 5.69. The lowest BCUT2D eigenvalue weighted by atomic mass is 10.1. The van der Waals surface area contributed by atoms with Gasteiger partial charge >= 0.3 is 6.18 Å². The standard InChI is InChI=1S/C15H14F3N3O2/c16-15(17,18)13(22)14(23)20-7-6-12-10(9-20)8-19-21(12)11-4-2-1-3-5-11/h1-5,8,13,22H,6-7,9H2. The third-order valence-electron chi connectivity index (χ3n) is 3.79. The average Bonchev–Trinajstić information content (AvgIpc) is 2.96. The number of aromatic nitrogens is 2. The smallest absolute Gasteiger partial charge is 0.376 e. The van der Waals surface area contributed by atoms with Crippen molar-refractivity contribution >= 4 is 5.91 Å². The lowest BCUT2D eigenvalue weighted by molar-refractivity contribution is -0.211. The Morgan fingerprint density at radius 1 is 1.26 bits per heavy atom. The minimum absolute atomic E-state index is 0.00808. The topological polar surface area (TPSA) is 58.4 Å². The molecule has 0 aliphatic carbocycles. The molecule has 1 unspecified atom stereocenters. The molecule has 1 amide bonds. The van der Waals surface area contributed by atoms with E-state index in [0.717, 1.165) is 16.3 Å². The van der Waals surface area contributed by atoms with Gasteiger partial charge in [0.1, 0.15) is 0 Å². The van der Waals surface area contributed by atoms with Crippen LogP contribution in [0, 0.1) is 0 Å². The van der Waals surface area contributed by atoms with E-state index in [0.29, 0.717) is 12.0 Å². The summed E-state index contributed by atoms with van der Waals surface area (Å²) in [5.41, 5.74) is 2.40. The summed E-state index contributed by atoms with van der Waals surface area (Å²) in [5.74, 6) is -1.32. The Morgan fingerprint density at radius 2 is 1.96 bits per heavy atom. The number of aliphatic hydroxyl groups is 1. The molecule has 2 aromatic rings. The normalized spacial score (nSPS) is 16.1. The summed E-state index contributed by atoms with van der Waals surface area (Å²) in [7, 11) is 0. The second-order valence-electron chi connectivity index (χ2n) is 5.32. The number of hydrogen-bond acceptors (Lipinski definition) is 3. The van der Waals surface area contributed by atoms with E-state index in [1.165, 1.54) is 0 Å². The molecule has 122 valence electrons. The van der Waals surface area contributed by atoms with Crippen LogP contribution in [0.4, 0.5) is 13.2 Å². The van der Waals surface area contributed by atoms with Crippen molar-refractivity contribution in [3.8, 4) is 5.69 Å². The van der Waals surface area contributed by atoms with Crippen molar-refractivity contribution in [2.45, 2.75) is 25.2 Å². The van der Waals surface area contributed by atoms with Crippen LogP contribution in [0.5, 0.6) is 0 Å². The molecule has 23 heavy (non-hydrogen) atoms. The quantitative estimate of drug-likeness (QED) is 0.914. The van der Waals surface area contributed by atoms with Crippen LogP contribution >= 0.6 is 0 Å². The Balaban J connectivity index is 1.81. The van der Waals surface area contributed by atoms with Gasteiger partial charge in [-0.1, -0.05) is 18.2 Å². The summed E-state index contributed by atoms with van der Waals surface area (Å²) in [6, 6.07) is 9.35. The Labute approximate surface area is 129 Å². The predicted octanol–water partition coefficient (Wildman–Crippen LogP) is 1.68. The van der Waals surface area contributed by atoms with Crippen LogP contribution in [0.15, 0.2) is 36.5 Å².